The Labute approximate surface area is 139 Å². The smallest absolute Gasteiger partial charge is 0.193 e. The lowest BCUT2D eigenvalue weighted by molar-refractivity contribution is 0.164. The van der Waals surface area contributed by atoms with Crippen molar-refractivity contribution < 1.29 is 0 Å². The maximum absolute atomic E-state index is 4.43. The van der Waals surface area contributed by atoms with Crippen LogP contribution in [0.25, 0.3) is 0 Å². The highest BCUT2D eigenvalue weighted by molar-refractivity contribution is 5.79. The summed E-state index contributed by atoms with van der Waals surface area (Å²) in [4.78, 5) is 9.32. The number of aryl methyl sites for hydroxylation is 1. The standard InChI is InChI=1S/C16H31N7/c1-5-15-20-19-13-23(15)7-6-18-16(17-4)22-10-8-21(9-11-22)12-14(2)3/h13-14H,5-12H2,1-4H3,(H,17,18). The Bertz CT molecular complexity index is 486. The third-order valence-corrected chi connectivity index (χ3v) is 4.15. The number of hydrogen-bond acceptors (Lipinski definition) is 4. The van der Waals surface area contributed by atoms with Gasteiger partial charge in [0.1, 0.15) is 12.2 Å². The first-order valence-electron chi connectivity index (χ1n) is 8.68. The van der Waals surface area contributed by atoms with E-state index in [2.05, 4.69) is 55.6 Å². The van der Waals surface area contributed by atoms with Gasteiger partial charge in [-0.15, -0.1) is 10.2 Å². The highest BCUT2D eigenvalue weighted by atomic mass is 15.3. The second-order valence-electron chi connectivity index (χ2n) is 6.45. The topological polar surface area (TPSA) is 61.6 Å². The third kappa shape index (κ3) is 5.20. The Morgan fingerprint density at radius 3 is 2.65 bits per heavy atom. The van der Waals surface area contributed by atoms with Gasteiger partial charge in [0.15, 0.2) is 5.96 Å². The van der Waals surface area contributed by atoms with E-state index in [0.717, 1.165) is 63.4 Å². The number of guanidine groups is 1. The first-order valence-corrected chi connectivity index (χ1v) is 8.68. The van der Waals surface area contributed by atoms with Crippen molar-refractivity contribution in [3.8, 4) is 0 Å². The monoisotopic (exact) mass is 321 g/mol. The van der Waals surface area contributed by atoms with E-state index in [1.54, 1.807) is 6.33 Å². The Morgan fingerprint density at radius 1 is 1.30 bits per heavy atom. The van der Waals surface area contributed by atoms with Crippen molar-refractivity contribution >= 4 is 5.96 Å². The van der Waals surface area contributed by atoms with Gasteiger partial charge in [-0.25, -0.2) is 0 Å². The molecule has 0 atom stereocenters. The molecule has 0 radical (unpaired) electrons. The summed E-state index contributed by atoms with van der Waals surface area (Å²) in [6.07, 6.45) is 2.71. The molecule has 1 aliphatic rings. The van der Waals surface area contributed by atoms with Crippen LogP contribution in [-0.4, -0.2) is 76.8 Å². The maximum atomic E-state index is 4.43. The summed E-state index contributed by atoms with van der Waals surface area (Å²) in [5.74, 6) is 2.76. The van der Waals surface area contributed by atoms with E-state index in [1.807, 2.05) is 7.05 Å². The minimum atomic E-state index is 0.732. The molecule has 0 aliphatic carbocycles. The first-order chi connectivity index (χ1) is 11.1. The van der Waals surface area contributed by atoms with Crippen molar-refractivity contribution in [2.45, 2.75) is 33.7 Å². The van der Waals surface area contributed by atoms with Gasteiger partial charge in [-0.2, -0.15) is 0 Å². The average molecular weight is 321 g/mol. The number of rotatable bonds is 6. The van der Waals surface area contributed by atoms with E-state index in [-0.39, 0.29) is 0 Å². The number of aromatic nitrogens is 3. The van der Waals surface area contributed by atoms with Gasteiger partial charge in [-0.05, 0) is 5.92 Å². The fourth-order valence-electron chi connectivity index (χ4n) is 3.02. The minimum absolute atomic E-state index is 0.732. The molecule has 0 amide bonds. The van der Waals surface area contributed by atoms with E-state index in [0.29, 0.717) is 0 Å². The van der Waals surface area contributed by atoms with Crippen molar-refractivity contribution in [2.24, 2.45) is 10.9 Å². The molecule has 0 saturated carbocycles. The fourth-order valence-corrected chi connectivity index (χ4v) is 3.02. The highest BCUT2D eigenvalue weighted by Crippen LogP contribution is 2.05. The van der Waals surface area contributed by atoms with E-state index >= 15 is 0 Å². The summed E-state index contributed by atoms with van der Waals surface area (Å²) >= 11 is 0. The van der Waals surface area contributed by atoms with Crippen LogP contribution < -0.4 is 5.32 Å². The summed E-state index contributed by atoms with van der Waals surface area (Å²) in [6, 6.07) is 0. The molecular formula is C16H31N7. The average Bonchev–Trinajstić information content (AvgIpc) is 2.99. The van der Waals surface area contributed by atoms with E-state index in [1.165, 1.54) is 6.54 Å². The second-order valence-corrected chi connectivity index (χ2v) is 6.45. The zero-order valence-corrected chi connectivity index (χ0v) is 15.0. The van der Waals surface area contributed by atoms with Crippen LogP contribution in [0, 0.1) is 5.92 Å². The molecule has 1 aliphatic heterocycles. The Balaban J connectivity index is 1.76. The Morgan fingerprint density at radius 2 is 2.04 bits per heavy atom. The first kappa shape index (κ1) is 17.7. The molecule has 130 valence electrons. The predicted octanol–water partition coefficient (Wildman–Crippen LogP) is 0.690. The van der Waals surface area contributed by atoms with Gasteiger partial charge in [0.2, 0.25) is 0 Å². The summed E-state index contributed by atoms with van der Waals surface area (Å²) in [5, 5.41) is 11.6. The van der Waals surface area contributed by atoms with Gasteiger partial charge in [-0.1, -0.05) is 20.8 Å². The molecule has 2 heterocycles. The van der Waals surface area contributed by atoms with Crippen LogP contribution in [0.5, 0.6) is 0 Å². The van der Waals surface area contributed by atoms with Crippen LogP contribution in [0.2, 0.25) is 0 Å². The van der Waals surface area contributed by atoms with Crippen molar-refractivity contribution in [3.05, 3.63) is 12.2 Å². The van der Waals surface area contributed by atoms with Gasteiger partial charge in [-0.3, -0.25) is 9.89 Å². The van der Waals surface area contributed by atoms with Gasteiger partial charge in [0, 0.05) is 59.3 Å². The van der Waals surface area contributed by atoms with Crippen LogP contribution in [0.1, 0.15) is 26.6 Å². The lowest BCUT2D eigenvalue weighted by Crippen LogP contribution is -2.53. The molecule has 7 nitrogen and oxygen atoms in total. The highest BCUT2D eigenvalue weighted by Gasteiger charge is 2.19. The Hall–Kier alpha value is -1.63. The SMILES string of the molecule is CCc1nncn1CCNC(=NC)N1CCN(CC(C)C)CC1. The summed E-state index contributed by atoms with van der Waals surface area (Å²) in [7, 11) is 1.86. The molecule has 1 saturated heterocycles. The number of piperazine rings is 1. The molecule has 1 fully saturated rings. The molecule has 0 bridgehead atoms. The van der Waals surface area contributed by atoms with Crippen LogP contribution in [-0.2, 0) is 13.0 Å². The van der Waals surface area contributed by atoms with E-state index in [4.69, 9.17) is 0 Å². The van der Waals surface area contributed by atoms with Gasteiger partial charge in [0.05, 0.1) is 0 Å². The quantitative estimate of drug-likeness (QED) is 0.617. The largest absolute Gasteiger partial charge is 0.354 e. The molecule has 1 N–H and O–H groups in total. The Kier molecular flexibility index (Phi) is 6.83. The zero-order valence-electron chi connectivity index (χ0n) is 15.0. The van der Waals surface area contributed by atoms with Crippen LogP contribution in [0.4, 0.5) is 0 Å². The molecule has 1 aromatic rings. The maximum Gasteiger partial charge on any atom is 0.193 e. The molecule has 0 aromatic carbocycles. The van der Waals surface area contributed by atoms with Gasteiger partial charge >= 0.3 is 0 Å². The van der Waals surface area contributed by atoms with Gasteiger partial charge in [0.25, 0.3) is 0 Å². The lowest BCUT2D eigenvalue weighted by atomic mass is 10.2. The van der Waals surface area contributed by atoms with Crippen LogP contribution in [0.15, 0.2) is 11.3 Å². The molecule has 23 heavy (non-hydrogen) atoms. The van der Waals surface area contributed by atoms with Crippen LogP contribution in [0.3, 0.4) is 0 Å². The van der Waals surface area contributed by atoms with E-state index < -0.39 is 0 Å². The molecule has 2 rings (SSSR count). The molecule has 0 spiro atoms. The summed E-state index contributed by atoms with van der Waals surface area (Å²) < 4.78 is 2.10. The normalized spacial score (nSPS) is 17.1. The second kappa shape index (κ2) is 8.86. The number of nitrogens with one attached hydrogen (secondary N) is 1. The summed E-state index contributed by atoms with van der Waals surface area (Å²) in [5.41, 5.74) is 0. The number of hydrogen-bond donors (Lipinski definition) is 1. The van der Waals surface area contributed by atoms with Gasteiger partial charge < -0.3 is 14.8 Å². The van der Waals surface area contributed by atoms with E-state index in [9.17, 15) is 0 Å². The molecular weight excluding hydrogens is 290 g/mol. The number of nitrogens with zero attached hydrogens (tertiary/aromatic N) is 6. The molecule has 1 aromatic heterocycles. The van der Waals surface area contributed by atoms with Crippen molar-refractivity contribution in [3.63, 3.8) is 0 Å². The zero-order chi connectivity index (χ0) is 16.7. The minimum Gasteiger partial charge on any atom is -0.354 e. The summed E-state index contributed by atoms with van der Waals surface area (Å²) in [6.45, 7) is 13.9. The van der Waals surface area contributed by atoms with Crippen molar-refractivity contribution in [2.75, 3.05) is 46.3 Å². The van der Waals surface area contributed by atoms with Crippen molar-refractivity contribution in [1.82, 2.24) is 29.9 Å². The molecule has 7 heteroatoms. The number of aliphatic imine (C=N–C) groups is 1. The third-order valence-electron chi connectivity index (χ3n) is 4.15. The predicted molar refractivity (Wildman–Crippen MR) is 93.6 cm³/mol. The van der Waals surface area contributed by atoms with Crippen LogP contribution >= 0.6 is 0 Å². The fraction of sp³-hybridized carbons (Fsp3) is 0.812. The van der Waals surface area contributed by atoms with Crippen molar-refractivity contribution in [1.29, 1.82) is 0 Å². The molecule has 0 unspecified atom stereocenters. The lowest BCUT2D eigenvalue weighted by Gasteiger charge is -2.37.